The minimum absolute atomic E-state index is 0.121. The Morgan fingerprint density at radius 1 is 1.07 bits per heavy atom. The van der Waals surface area contributed by atoms with E-state index in [1.165, 1.54) is 11.1 Å². The standard InChI is InChI=1S/C24H28N2O/c1-16(2)21-15-23(19-9-5-6-10-20(19)24(21)27)26-22-12-11-18(14-17(22)3)8-7-13-25-4/h5-6,9-12,14-16,25H,7-8,13H2,1-4H3. The Kier molecular flexibility index (Phi) is 6.02. The number of carbonyl (C=O) groups excluding carboxylic acids is 1. The number of fused-ring (bicyclic) bond motifs is 1. The van der Waals surface area contributed by atoms with Crippen LogP contribution in [0.1, 0.15) is 47.3 Å². The number of hydrogen-bond acceptors (Lipinski definition) is 3. The van der Waals surface area contributed by atoms with E-state index in [0.29, 0.717) is 0 Å². The van der Waals surface area contributed by atoms with Gasteiger partial charge in [0.15, 0.2) is 5.78 Å². The molecule has 0 heterocycles. The van der Waals surface area contributed by atoms with Crippen LogP contribution in [0.3, 0.4) is 0 Å². The molecule has 3 nitrogen and oxygen atoms in total. The Labute approximate surface area is 162 Å². The molecule has 0 radical (unpaired) electrons. The number of Topliss-reactive ketones (excluding diaryl/α,β-unsaturated/α-hetero) is 1. The number of carbonyl (C=O) groups is 1. The molecule has 0 fully saturated rings. The van der Waals surface area contributed by atoms with E-state index in [0.717, 1.165) is 47.5 Å². The molecule has 0 amide bonds. The van der Waals surface area contributed by atoms with Crippen molar-refractivity contribution in [1.29, 1.82) is 0 Å². The Morgan fingerprint density at radius 2 is 1.81 bits per heavy atom. The predicted octanol–water partition coefficient (Wildman–Crippen LogP) is 5.05. The van der Waals surface area contributed by atoms with Crippen molar-refractivity contribution in [2.75, 3.05) is 13.6 Å². The Morgan fingerprint density at radius 3 is 2.48 bits per heavy atom. The molecule has 0 aliphatic heterocycles. The fraction of sp³-hybridized carbons (Fsp3) is 0.333. The number of nitrogens with one attached hydrogen (secondary N) is 1. The average Bonchev–Trinajstić information content (AvgIpc) is 2.66. The van der Waals surface area contributed by atoms with Gasteiger partial charge in [0, 0.05) is 16.7 Å². The molecule has 0 unspecified atom stereocenters. The van der Waals surface area contributed by atoms with Crippen LogP contribution in [-0.2, 0) is 6.42 Å². The van der Waals surface area contributed by atoms with Crippen LogP contribution in [0, 0.1) is 12.8 Å². The van der Waals surface area contributed by atoms with E-state index in [1.807, 2.05) is 37.4 Å². The Bertz CT molecular complexity index is 906. The smallest absolute Gasteiger partial charge is 0.190 e. The SMILES string of the molecule is CNCCCc1ccc(N=C2C=C(C(C)C)C(=O)c3ccccc32)c(C)c1. The second kappa shape index (κ2) is 8.45. The highest BCUT2D eigenvalue weighted by molar-refractivity contribution is 6.26. The Hall–Kier alpha value is -2.52. The number of nitrogens with zero attached hydrogens (tertiary/aromatic N) is 1. The third-order valence-corrected chi connectivity index (χ3v) is 5.02. The van der Waals surface area contributed by atoms with Gasteiger partial charge in [-0.3, -0.25) is 4.79 Å². The minimum Gasteiger partial charge on any atom is -0.320 e. The maximum Gasteiger partial charge on any atom is 0.190 e. The Balaban J connectivity index is 1.98. The second-order valence-electron chi connectivity index (χ2n) is 7.45. The summed E-state index contributed by atoms with van der Waals surface area (Å²) in [5.41, 5.74) is 6.84. The summed E-state index contributed by atoms with van der Waals surface area (Å²) in [4.78, 5) is 17.7. The van der Waals surface area contributed by atoms with Crippen molar-refractivity contribution in [2.45, 2.75) is 33.6 Å². The molecule has 1 aliphatic carbocycles. The van der Waals surface area contributed by atoms with Crippen molar-refractivity contribution in [3.8, 4) is 0 Å². The van der Waals surface area contributed by atoms with Crippen molar-refractivity contribution in [3.63, 3.8) is 0 Å². The fourth-order valence-corrected chi connectivity index (χ4v) is 3.47. The lowest BCUT2D eigenvalue weighted by Gasteiger charge is -2.20. The number of allylic oxidation sites excluding steroid dienone is 2. The molecule has 0 saturated heterocycles. The number of hydrogen-bond donors (Lipinski definition) is 1. The summed E-state index contributed by atoms with van der Waals surface area (Å²) in [6.07, 6.45) is 4.16. The lowest BCUT2D eigenvalue weighted by atomic mass is 9.84. The first-order valence-corrected chi connectivity index (χ1v) is 9.69. The zero-order chi connectivity index (χ0) is 19.4. The molecule has 0 aromatic heterocycles. The quantitative estimate of drug-likeness (QED) is 0.733. The van der Waals surface area contributed by atoms with Crippen LogP contribution in [0.2, 0.25) is 0 Å². The van der Waals surface area contributed by atoms with Gasteiger partial charge >= 0.3 is 0 Å². The topological polar surface area (TPSA) is 41.5 Å². The van der Waals surface area contributed by atoms with Crippen molar-refractivity contribution in [2.24, 2.45) is 10.9 Å². The summed E-state index contributed by atoms with van der Waals surface area (Å²) in [5, 5.41) is 3.19. The second-order valence-corrected chi connectivity index (χ2v) is 7.45. The van der Waals surface area contributed by atoms with Crippen LogP contribution in [-0.4, -0.2) is 25.1 Å². The van der Waals surface area contributed by atoms with Crippen LogP contribution in [0.15, 0.2) is 59.1 Å². The molecular formula is C24H28N2O. The molecular weight excluding hydrogens is 332 g/mol. The lowest BCUT2D eigenvalue weighted by molar-refractivity contribution is 0.102. The summed E-state index contributed by atoms with van der Waals surface area (Å²) in [7, 11) is 1.98. The maximum absolute atomic E-state index is 12.8. The summed E-state index contributed by atoms with van der Waals surface area (Å²) in [5.74, 6) is 0.294. The minimum atomic E-state index is 0.121. The fourth-order valence-electron chi connectivity index (χ4n) is 3.47. The van der Waals surface area contributed by atoms with Gasteiger partial charge < -0.3 is 5.32 Å². The molecule has 3 heteroatoms. The highest BCUT2D eigenvalue weighted by atomic mass is 16.1. The zero-order valence-electron chi connectivity index (χ0n) is 16.7. The maximum atomic E-state index is 12.8. The number of ketones is 1. The summed E-state index contributed by atoms with van der Waals surface area (Å²) < 4.78 is 0. The van der Waals surface area contributed by atoms with Crippen molar-refractivity contribution in [1.82, 2.24) is 5.32 Å². The van der Waals surface area contributed by atoms with Gasteiger partial charge in [-0.1, -0.05) is 50.2 Å². The molecule has 1 N–H and O–H groups in total. The first-order valence-electron chi connectivity index (χ1n) is 9.69. The molecule has 0 bridgehead atoms. The number of aliphatic imine (C=N–C) groups is 1. The largest absolute Gasteiger partial charge is 0.320 e. The molecule has 2 aromatic rings. The van der Waals surface area contributed by atoms with E-state index < -0.39 is 0 Å². The van der Waals surface area contributed by atoms with Gasteiger partial charge in [-0.25, -0.2) is 4.99 Å². The third-order valence-electron chi connectivity index (χ3n) is 5.02. The highest BCUT2D eigenvalue weighted by Crippen LogP contribution is 2.29. The van der Waals surface area contributed by atoms with E-state index in [4.69, 9.17) is 4.99 Å². The lowest BCUT2D eigenvalue weighted by Crippen LogP contribution is -2.20. The van der Waals surface area contributed by atoms with Crippen LogP contribution < -0.4 is 5.32 Å². The van der Waals surface area contributed by atoms with Crippen LogP contribution in [0.4, 0.5) is 5.69 Å². The van der Waals surface area contributed by atoms with Gasteiger partial charge in [-0.2, -0.15) is 0 Å². The van der Waals surface area contributed by atoms with Crippen molar-refractivity contribution in [3.05, 3.63) is 76.4 Å². The van der Waals surface area contributed by atoms with Crippen LogP contribution >= 0.6 is 0 Å². The first-order chi connectivity index (χ1) is 13.0. The number of benzene rings is 2. The van der Waals surface area contributed by atoms with Gasteiger partial charge in [0.05, 0.1) is 11.4 Å². The molecule has 1 aliphatic rings. The highest BCUT2D eigenvalue weighted by Gasteiger charge is 2.25. The molecule has 27 heavy (non-hydrogen) atoms. The molecule has 2 aromatic carbocycles. The van der Waals surface area contributed by atoms with Gasteiger partial charge in [0.2, 0.25) is 0 Å². The molecule has 0 atom stereocenters. The van der Waals surface area contributed by atoms with Crippen molar-refractivity contribution < 1.29 is 4.79 Å². The van der Waals surface area contributed by atoms with Gasteiger partial charge in [0.25, 0.3) is 0 Å². The van der Waals surface area contributed by atoms with Gasteiger partial charge in [-0.05, 0) is 62.5 Å². The molecule has 140 valence electrons. The number of rotatable bonds is 6. The third kappa shape index (κ3) is 4.25. The van der Waals surface area contributed by atoms with Gasteiger partial charge in [-0.15, -0.1) is 0 Å². The van der Waals surface area contributed by atoms with E-state index in [2.05, 4.69) is 44.3 Å². The molecule has 0 spiro atoms. The van der Waals surface area contributed by atoms with E-state index >= 15 is 0 Å². The number of aryl methyl sites for hydroxylation is 2. The molecule has 0 saturated carbocycles. The van der Waals surface area contributed by atoms with Gasteiger partial charge in [0.1, 0.15) is 0 Å². The average molecular weight is 361 g/mol. The van der Waals surface area contributed by atoms with Crippen LogP contribution in [0.25, 0.3) is 0 Å². The van der Waals surface area contributed by atoms with E-state index in [-0.39, 0.29) is 11.7 Å². The summed E-state index contributed by atoms with van der Waals surface area (Å²) in [6.45, 7) is 7.24. The van der Waals surface area contributed by atoms with Crippen LogP contribution in [0.5, 0.6) is 0 Å². The monoisotopic (exact) mass is 360 g/mol. The van der Waals surface area contributed by atoms with Crippen molar-refractivity contribution >= 4 is 17.2 Å². The normalized spacial score (nSPS) is 15.2. The summed E-state index contributed by atoms with van der Waals surface area (Å²) in [6, 6.07) is 14.3. The summed E-state index contributed by atoms with van der Waals surface area (Å²) >= 11 is 0. The predicted molar refractivity (Wildman–Crippen MR) is 113 cm³/mol. The van der Waals surface area contributed by atoms with E-state index in [1.54, 1.807) is 0 Å². The zero-order valence-corrected chi connectivity index (χ0v) is 16.7. The molecule has 3 rings (SSSR count). The van der Waals surface area contributed by atoms with E-state index in [9.17, 15) is 4.79 Å². The first kappa shape index (κ1) is 19.2.